The maximum absolute atomic E-state index is 12.4. The molecule has 0 saturated carbocycles. The normalized spacial score (nSPS) is 12.1. The molecule has 0 radical (unpaired) electrons. The topological polar surface area (TPSA) is 42.2 Å². The second-order valence-electron chi connectivity index (χ2n) is 4.69. The number of carbonyl (C=O) groups excluding carboxylic acids is 1. The van der Waals surface area contributed by atoms with Crippen LogP contribution >= 0.6 is 23.4 Å². The van der Waals surface area contributed by atoms with E-state index in [-0.39, 0.29) is 11.2 Å². The highest BCUT2D eigenvalue weighted by molar-refractivity contribution is 7.99. The van der Waals surface area contributed by atoms with Gasteiger partial charge in [0.05, 0.1) is 17.3 Å². The van der Waals surface area contributed by atoms with E-state index >= 15 is 0 Å². The van der Waals surface area contributed by atoms with Gasteiger partial charge in [0.15, 0.2) is 0 Å². The van der Waals surface area contributed by atoms with E-state index in [0.29, 0.717) is 10.8 Å². The molecule has 0 bridgehead atoms. The first-order chi connectivity index (χ1) is 10.1. The number of furan rings is 1. The van der Waals surface area contributed by atoms with Crippen LogP contribution in [0.15, 0.2) is 41.0 Å². The van der Waals surface area contributed by atoms with Crippen LogP contribution in [0.1, 0.15) is 24.7 Å². The predicted molar refractivity (Wildman–Crippen MR) is 88.9 cm³/mol. The molecule has 5 heteroatoms. The molecule has 3 nitrogen and oxygen atoms in total. The van der Waals surface area contributed by atoms with Crippen LogP contribution < -0.4 is 5.32 Å². The Morgan fingerprint density at radius 3 is 2.86 bits per heavy atom. The first kappa shape index (κ1) is 16.0. The lowest BCUT2D eigenvalue weighted by molar-refractivity contribution is -0.115. The Morgan fingerprint density at radius 1 is 1.38 bits per heavy atom. The fraction of sp³-hybridized carbons (Fsp3) is 0.312. The molecule has 2 rings (SSSR count). The van der Waals surface area contributed by atoms with Crippen LogP contribution in [0.25, 0.3) is 0 Å². The highest BCUT2D eigenvalue weighted by atomic mass is 35.5. The molecular formula is C16H18ClNO2S. The quantitative estimate of drug-likeness (QED) is 0.822. The van der Waals surface area contributed by atoms with Crippen molar-refractivity contribution in [2.45, 2.75) is 31.3 Å². The summed E-state index contributed by atoms with van der Waals surface area (Å²) in [6, 6.07) is 9.28. The van der Waals surface area contributed by atoms with E-state index in [0.717, 1.165) is 23.4 Å². The lowest BCUT2D eigenvalue weighted by Gasteiger charge is -2.15. The van der Waals surface area contributed by atoms with Crippen molar-refractivity contribution in [1.29, 1.82) is 0 Å². The van der Waals surface area contributed by atoms with Crippen LogP contribution in [0.5, 0.6) is 0 Å². The van der Waals surface area contributed by atoms with Gasteiger partial charge in [-0.05, 0) is 43.2 Å². The van der Waals surface area contributed by atoms with Gasteiger partial charge in [-0.3, -0.25) is 4.79 Å². The van der Waals surface area contributed by atoms with Crippen LogP contribution in [-0.4, -0.2) is 11.2 Å². The molecule has 1 aromatic heterocycles. The van der Waals surface area contributed by atoms with Crippen molar-refractivity contribution in [2.75, 3.05) is 5.32 Å². The zero-order chi connectivity index (χ0) is 15.2. The maximum atomic E-state index is 12.4. The first-order valence-corrected chi connectivity index (χ1v) is 8.24. The fourth-order valence-electron chi connectivity index (χ4n) is 1.91. The van der Waals surface area contributed by atoms with E-state index in [2.05, 4.69) is 5.32 Å². The van der Waals surface area contributed by atoms with Crippen molar-refractivity contribution in [3.8, 4) is 0 Å². The SMILES string of the molecule is CCC(SCc1ccco1)C(=O)Nc1cccc(Cl)c1C. The zero-order valence-electron chi connectivity index (χ0n) is 12.1. The predicted octanol–water partition coefficient (Wildman–Crippen LogP) is 4.89. The third kappa shape index (κ3) is 4.29. The minimum atomic E-state index is -0.117. The van der Waals surface area contributed by atoms with Gasteiger partial charge < -0.3 is 9.73 Å². The second kappa shape index (κ2) is 7.57. The number of amides is 1. The van der Waals surface area contributed by atoms with E-state index < -0.39 is 0 Å². The lowest BCUT2D eigenvalue weighted by Crippen LogP contribution is -2.25. The van der Waals surface area contributed by atoms with Crippen LogP contribution in [0.3, 0.4) is 0 Å². The summed E-state index contributed by atoms with van der Waals surface area (Å²) in [5.41, 5.74) is 1.66. The first-order valence-electron chi connectivity index (χ1n) is 6.81. The van der Waals surface area contributed by atoms with Crippen molar-refractivity contribution in [2.24, 2.45) is 0 Å². The molecule has 112 valence electrons. The Bertz CT molecular complexity index is 598. The van der Waals surface area contributed by atoms with Gasteiger partial charge in [-0.15, -0.1) is 11.8 Å². The molecule has 1 amide bonds. The molecular weight excluding hydrogens is 306 g/mol. The Balaban J connectivity index is 1.98. The van der Waals surface area contributed by atoms with Gasteiger partial charge in [-0.2, -0.15) is 0 Å². The maximum Gasteiger partial charge on any atom is 0.237 e. The second-order valence-corrected chi connectivity index (χ2v) is 6.29. The Morgan fingerprint density at radius 2 is 2.19 bits per heavy atom. The average Bonchev–Trinajstić information content (AvgIpc) is 2.98. The number of thioether (sulfide) groups is 1. The number of hydrogen-bond donors (Lipinski definition) is 1. The molecule has 2 aromatic rings. The summed E-state index contributed by atoms with van der Waals surface area (Å²) >= 11 is 7.65. The van der Waals surface area contributed by atoms with Gasteiger partial charge in [0, 0.05) is 10.7 Å². The molecule has 1 atom stereocenters. The summed E-state index contributed by atoms with van der Waals surface area (Å²) in [4.78, 5) is 12.4. The number of carbonyl (C=O) groups is 1. The molecule has 21 heavy (non-hydrogen) atoms. The molecule has 1 heterocycles. The van der Waals surface area contributed by atoms with Crippen LogP contribution in [0.4, 0.5) is 5.69 Å². The van der Waals surface area contributed by atoms with Gasteiger partial charge in [0.1, 0.15) is 5.76 Å². The lowest BCUT2D eigenvalue weighted by atomic mass is 10.2. The summed E-state index contributed by atoms with van der Waals surface area (Å²) in [6.45, 7) is 3.90. The molecule has 0 fully saturated rings. The molecule has 1 aromatic carbocycles. The number of rotatable bonds is 6. The highest BCUT2D eigenvalue weighted by Crippen LogP contribution is 2.26. The summed E-state index contributed by atoms with van der Waals surface area (Å²) in [6.07, 6.45) is 2.41. The number of hydrogen-bond acceptors (Lipinski definition) is 3. The van der Waals surface area contributed by atoms with Gasteiger partial charge in [-0.1, -0.05) is 24.6 Å². The molecule has 0 aliphatic carbocycles. The van der Waals surface area contributed by atoms with Crippen molar-refractivity contribution in [1.82, 2.24) is 0 Å². The van der Waals surface area contributed by atoms with E-state index in [4.69, 9.17) is 16.0 Å². The largest absolute Gasteiger partial charge is 0.468 e. The Kier molecular flexibility index (Phi) is 5.76. The third-order valence-electron chi connectivity index (χ3n) is 3.20. The Labute approximate surface area is 134 Å². The number of benzene rings is 1. The monoisotopic (exact) mass is 323 g/mol. The smallest absolute Gasteiger partial charge is 0.237 e. The molecule has 0 saturated heterocycles. The van der Waals surface area contributed by atoms with E-state index in [1.54, 1.807) is 18.0 Å². The summed E-state index contributed by atoms with van der Waals surface area (Å²) in [5.74, 6) is 1.57. The molecule has 1 N–H and O–H groups in total. The van der Waals surface area contributed by atoms with Gasteiger partial charge in [0.25, 0.3) is 0 Å². The minimum Gasteiger partial charge on any atom is -0.468 e. The molecule has 1 unspecified atom stereocenters. The standard InChI is InChI=1S/C16H18ClNO2S/c1-3-15(21-10-12-6-5-9-20-12)16(19)18-14-8-4-7-13(17)11(14)2/h4-9,15H,3,10H2,1-2H3,(H,18,19). The van der Waals surface area contributed by atoms with Crippen molar-refractivity contribution in [3.63, 3.8) is 0 Å². The molecule has 0 aliphatic heterocycles. The van der Waals surface area contributed by atoms with Crippen molar-refractivity contribution >= 4 is 35.0 Å². The number of anilines is 1. The molecule has 0 spiro atoms. The van der Waals surface area contributed by atoms with Gasteiger partial charge in [-0.25, -0.2) is 0 Å². The fourth-order valence-corrected chi connectivity index (χ4v) is 3.06. The van der Waals surface area contributed by atoms with E-state index in [1.165, 1.54) is 0 Å². The van der Waals surface area contributed by atoms with Crippen molar-refractivity contribution < 1.29 is 9.21 Å². The van der Waals surface area contributed by atoms with Crippen LogP contribution in [0, 0.1) is 6.92 Å². The van der Waals surface area contributed by atoms with Crippen LogP contribution in [-0.2, 0) is 10.5 Å². The van der Waals surface area contributed by atoms with E-state index in [9.17, 15) is 4.79 Å². The Hall–Kier alpha value is -1.39. The van der Waals surface area contributed by atoms with Gasteiger partial charge >= 0.3 is 0 Å². The van der Waals surface area contributed by atoms with Crippen LogP contribution in [0.2, 0.25) is 5.02 Å². The summed E-state index contributed by atoms with van der Waals surface area (Å²) < 4.78 is 5.29. The number of nitrogens with one attached hydrogen (secondary N) is 1. The minimum absolute atomic E-state index is 0.000534. The molecule has 0 aliphatic rings. The van der Waals surface area contributed by atoms with E-state index in [1.807, 2.05) is 44.2 Å². The summed E-state index contributed by atoms with van der Waals surface area (Å²) in [7, 11) is 0. The van der Waals surface area contributed by atoms with Gasteiger partial charge in [0.2, 0.25) is 5.91 Å². The third-order valence-corrected chi connectivity index (χ3v) is 5.01. The number of halogens is 1. The average molecular weight is 324 g/mol. The highest BCUT2D eigenvalue weighted by Gasteiger charge is 2.18. The van der Waals surface area contributed by atoms with Crippen molar-refractivity contribution in [3.05, 3.63) is 52.9 Å². The summed E-state index contributed by atoms with van der Waals surface area (Å²) in [5, 5.41) is 3.50. The zero-order valence-corrected chi connectivity index (χ0v) is 13.6.